The summed E-state index contributed by atoms with van der Waals surface area (Å²) in [6.45, 7) is 5.72. The van der Waals surface area contributed by atoms with Crippen LogP contribution in [0.2, 0.25) is 0 Å². The predicted molar refractivity (Wildman–Crippen MR) is 71.8 cm³/mol. The van der Waals surface area contributed by atoms with Crippen LogP contribution in [-0.2, 0) is 0 Å². The van der Waals surface area contributed by atoms with Crippen molar-refractivity contribution < 1.29 is 0 Å². The molecule has 2 atom stereocenters. The van der Waals surface area contributed by atoms with E-state index in [-0.39, 0.29) is 0 Å². The van der Waals surface area contributed by atoms with Gasteiger partial charge >= 0.3 is 0 Å². The molecule has 0 amide bonds. The van der Waals surface area contributed by atoms with E-state index in [4.69, 9.17) is 0 Å². The first-order valence-corrected chi connectivity index (χ1v) is 6.47. The second-order valence-electron chi connectivity index (χ2n) is 4.79. The van der Waals surface area contributed by atoms with Crippen LogP contribution in [-0.4, -0.2) is 13.6 Å². The second-order valence-corrected chi connectivity index (χ2v) is 4.79. The van der Waals surface area contributed by atoms with E-state index in [9.17, 15) is 0 Å². The lowest BCUT2D eigenvalue weighted by Gasteiger charge is -2.21. The van der Waals surface area contributed by atoms with Gasteiger partial charge in [0.25, 0.3) is 0 Å². The van der Waals surface area contributed by atoms with Crippen molar-refractivity contribution in [2.75, 3.05) is 13.6 Å². The van der Waals surface area contributed by atoms with Gasteiger partial charge in [0, 0.05) is 6.54 Å². The largest absolute Gasteiger partial charge is 0.319 e. The van der Waals surface area contributed by atoms with E-state index in [1.54, 1.807) is 0 Å². The molecule has 0 saturated carbocycles. The van der Waals surface area contributed by atoms with Crippen LogP contribution < -0.4 is 5.32 Å². The molecule has 1 heteroatoms. The number of hydrogen-bond acceptors (Lipinski definition) is 1. The first-order chi connectivity index (χ1) is 7.77. The van der Waals surface area contributed by atoms with Gasteiger partial charge in [-0.3, -0.25) is 0 Å². The summed E-state index contributed by atoms with van der Waals surface area (Å²) < 4.78 is 0. The third-order valence-electron chi connectivity index (χ3n) is 3.19. The fourth-order valence-corrected chi connectivity index (χ4v) is 2.41. The Kier molecular flexibility index (Phi) is 6.17. The highest BCUT2D eigenvalue weighted by molar-refractivity contribution is 5.19. The normalized spacial score (nSPS) is 14.7. The minimum absolute atomic E-state index is 0.660. The first-order valence-electron chi connectivity index (χ1n) is 6.47. The fraction of sp³-hybridized carbons (Fsp3) is 0.600. The van der Waals surface area contributed by atoms with Gasteiger partial charge in [-0.1, -0.05) is 57.0 Å². The van der Waals surface area contributed by atoms with Crippen molar-refractivity contribution in [3.8, 4) is 0 Å². The summed E-state index contributed by atoms with van der Waals surface area (Å²) in [6, 6.07) is 10.9. The molecule has 0 aromatic heterocycles. The van der Waals surface area contributed by atoms with Gasteiger partial charge in [-0.25, -0.2) is 0 Å². The molecule has 90 valence electrons. The Bertz CT molecular complexity index is 268. The van der Waals surface area contributed by atoms with Gasteiger partial charge in [-0.15, -0.1) is 0 Å². The van der Waals surface area contributed by atoms with Crippen LogP contribution in [0.5, 0.6) is 0 Å². The Labute approximate surface area is 100 Å². The minimum Gasteiger partial charge on any atom is -0.319 e. The van der Waals surface area contributed by atoms with Gasteiger partial charge in [0.15, 0.2) is 0 Å². The second kappa shape index (κ2) is 7.45. The predicted octanol–water partition coefficient (Wildman–Crippen LogP) is 3.82. The zero-order valence-corrected chi connectivity index (χ0v) is 10.9. The third-order valence-corrected chi connectivity index (χ3v) is 3.19. The van der Waals surface area contributed by atoms with Crippen LogP contribution >= 0.6 is 0 Å². The summed E-state index contributed by atoms with van der Waals surface area (Å²) in [5.41, 5.74) is 1.47. The van der Waals surface area contributed by atoms with E-state index in [2.05, 4.69) is 49.5 Å². The van der Waals surface area contributed by atoms with Gasteiger partial charge in [-0.2, -0.15) is 0 Å². The summed E-state index contributed by atoms with van der Waals surface area (Å²) >= 11 is 0. The molecule has 0 spiro atoms. The SMILES string of the molecule is CCCC(C)CC(CNC)c1ccccc1. The Morgan fingerprint density at radius 2 is 1.88 bits per heavy atom. The Balaban J connectivity index is 2.60. The quantitative estimate of drug-likeness (QED) is 0.735. The van der Waals surface area contributed by atoms with Crippen molar-refractivity contribution in [1.82, 2.24) is 5.32 Å². The number of hydrogen-bond donors (Lipinski definition) is 1. The summed E-state index contributed by atoms with van der Waals surface area (Å²) in [5.74, 6) is 1.48. The van der Waals surface area contributed by atoms with Crippen LogP contribution in [0.25, 0.3) is 0 Å². The molecular weight excluding hydrogens is 194 g/mol. The van der Waals surface area contributed by atoms with Crippen molar-refractivity contribution in [2.45, 2.75) is 39.0 Å². The Hall–Kier alpha value is -0.820. The summed E-state index contributed by atoms with van der Waals surface area (Å²) in [5, 5.41) is 3.31. The van der Waals surface area contributed by atoms with Crippen LogP contribution in [0.15, 0.2) is 30.3 Å². The van der Waals surface area contributed by atoms with E-state index in [1.165, 1.54) is 24.8 Å². The highest BCUT2D eigenvalue weighted by Crippen LogP contribution is 2.25. The van der Waals surface area contributed by atoms with Crippen LogP contribution in [0.3, 0.4) is 0 Å². The van der Waals surface area contributed by atoms with Crippen molar-refractivity contribution in [3.63, 3.8) is 0 Å². The highest BCUT2D eigenvalue weighted by atomic mass is 14.8. The summed E-state index contributed by atoms with van der Waals surface area (Å²) in [4.78, 5) is 0. The van der Waals surface area contributed by atoms with Gasteiger partial charge in [0.05, 0.1) is 0 Å². The van der Waals surface area contributed by atoms with E-state index >= 15 is 0 Å². The molecule has 0 saturated heterocycles. The van der Waals surface area contributed by atoms with Gasteiger partial charge in [0.2, 0.25) is 0 Å². The molecule has 0 aliphatic heterocycles. The fourth-order valence-electron chi connectivity index (χ4n) is 2.41. The number of rotatable bonds is 7. The highest BCUT2D eigenvalue weighted by Gasteiger charge is 2.13. The molecule has 0 fully saturated rings. The number of likely N-dealkylation sites (N-methyl/N-ethyl adjacent to an activating group) is 1. The molecule has 0 radical (unpaired) electrons. The lowest BCUT2D eigenvalue weighted by Crippen LogP contribution is -2.19. The van der Waals surface area contributed by atoms with E-state index in [0.29, 0.717) is 5.92 Å². The monoisotopic (exact) mass is 219 g/mol. The number of nitrogens with one attached hydrogen (secondary N) is 1. The summed E-state index contributed by atoms with van der Waals surface area (Å²) in [6.07, 6.45) is 3.92. The van der Waals surface area contributed by atoms with Gasteiger partial charge in [0.1, 0.15) is 0 Å². The summed E-state index contributed by atoms with van der Waals surface area (Å²) in [7, 11) is 2.04. The van der Waals surface area contributed by atoms with E-state index in [1.807, 2.05) is 7.05 Å². The Morgan fingerprint density at radius 3 is 2.44 bits per heavy atom. The third kappa shape index (κ3) is 4.36. The molecule has 0 aliphatic rings. The molecule has 1 N–H and O–H groups in total. The van der Waals surface area contributed by atoms with Crippen molar-refractivity contribution >= 4 is 0 Å². The van der Waals surface area contributed by atoms with Crippen LogP contribution in [0, 0.1) is 5.92 Å². The Morgan fingerprint density at radius 1 is 1.19 bits per heavy atom. The zero-order chi connectivity index (χ0) is 11.8. The maximum atomic E-state index is 3.31. The molecule has 1 aromatic carbocycles. The lowest BCUT2D eigenvalue weighted by molar-refractivity contribution is 0.426. The first kappa shape index (κ1) is 13.2. The molecule has 1 rings (SSSR count). The lowest BCUT2D eigenvalue weighted by atomic mass is 9.87. The number of benzene rings is 1. The van der Waals surface area contributed by atoms with Crippen molar-refractivity contribution in [2.24, 2.45) is 5.92 Å². The van der Waals surface area contributed by atoms with Crippen LogP contribution in [0.4, 0.5) is 0 Å². The topological polar surface area (TPSA) is 12.0 Å². The van der Waals surface area contributed by atoms with E-state index in [0.717, 1.165) is 12.5 Å². The smallest absolute Gasteiger partial charge is 0.00172 e. The van der Waals surface area contributed by atoms with E-state index < -0.39 is 0 Å². The molecule has 1 nitrogen and oxygen atoms in total. The van der Waals surface area contributed by atoms with Gasteiger partial charge in [-0.05, 0) is 30.9 Å². The molecular formula is C15H25N. The minimum atomic E-state index is 0.660. The molecule has 0 heterocycles. The van der Waals surface area contributed by atoms with Crippen molar-refractivity contribution in [1.29, 1.82) is 0 Å². The average Bonchev–Trinajstić information content (AvgIpc) is 2.30. The van der Waals surface area contributed by atoms with Crippen molar-refractivity contribution in [3.05, 3.63) is 35.9 Å². The maximum absolute atomic E-state index is 3.31. The molecule has 16 heavy (non-hydrogen) atoms. The zero-order valence-electron chi connectivity index (χ0n) is 10.9. The molecule has 1 aromatic rings. The standard InChI is InChI=1S/C15H25N/c1-4-8-13(2)11-15(12-16-3)14-9-6-5-7-10-14/h5-7,9-10,13,15-16H,4,8,11-12H2,1-3H3. The molecule has 0 aliphatic carbocycles. The molecule has 0 bridgehead atoms. The van der Waals surface area contributed by atoms with Crippen LogP contribution in [0.1, 0.15) is 44.6 Å². The maximum Gasteiger partial charge on any atom is 0.00172 e. The average molecular weight is 219 g/mol. The van der Waals surface area contributed by atoms with Gasteiger partial charge < -0.3 is 5.32 Å². The molecule has 2 unspecified atom stereocenters.